The molecule has 1 aliphatic rings. The third-order valence-electron chi connectivity index (χ3n) is 2.50. The van der Waals surface area contributed by atoms with Gasteiger partial charge in [-0.3, -0.25) is 0 Å². The lowest BCUT2D eigenvalue weighted by atomic mass is 10.2. The highest BCUT2D eigenvalue weighted by atomic mass is 32.2. The SMILES string of the molecule is O=S1(=O)Cc2oc3ccccc3c2C1. The summed E-state index contributed by atoms with van der Waals surface area (Å²) in [6.07, 6.45) is 0. The zero-order valence-electron chi connectivity index (χ0n) is 7.36. The Labute approximate surface area is 81.3 Å². The van der Waals surface area contributed by atoms with E-state index in [4.69, 9.17) is 4.42 Å². The van der Waals surface area contributed by atoms with Crippen LogP contribution >= 0.6 is 0 Å². The number of fused-ring (bicyclic) bond motifs is 3. The van der Waals surface area contributed by atoms with Crippen LogP contribution in [0.3, 0.4) is 0 Å². The first-order chi connectivity index (χ1) is 6.66. The maximum atomic E-state index is 11.3. The van der Waals surface area contributed by atoms with Crippen LogP contribution in [0.15, 0.2) is 28.7 Å². The van der Waals surface area contributed by atoms with Gasteiger partial charge in [-0.15, -0.1) is 0 Å². The van der Waals surface area contributed by atoms with E-state index in [-0.39, 0.29) is 11.5 Å². The fraction of sp³-hybridized carbons (Fsp3) is 0.200. The van der Waals surface area contributed by atoms with Gasteiger partial charge in [-0.2, -0.15) is 0 Å². The van der Waals surface area contributed by atoms with Crippen LogP contribution in [0.25, 0.3) is 11.0 Å². The van der Waals surface area contributed by atoms with Crippen LogP contribution in [-0.2, 0) is 21.3 Å². The second kappa shape index (κ2) is 2.39. The maximum absolute atomic E-state index is 11.3. The molecule has 0 unspecified atom stereocenters. The van der Waals surface area contributed by atoms with Crippen molar-refractivity contribution in [3.63, 3.8) is 0 Å². The minimum absolute atomic E-state index is 0.0526. The van der Waals surface area contributed by atoms with Gasteiger partial charge in [0.05, 0.1) is 5.75 Å². The van der Waals surface area contributed by atoms with Crippen molar-refractivity contribution in [3.8, 4) is 0 Å². The summed E-state index contributed by atoms with van der Waals surface area (Å²) in [7, 11) is -2.95. The highest BCUT2D eigenvalue weighted by Gasteiger charge is 2.30. The van der Waals surface area contributed by atoms with E-state index in [0.29, 0.717) is 5.76 Å². The second-order valence-corrected chi connectivity index (χ2v) is 5.60. The lowest BCUT2D eigenvalue weighted by molar-refractivity contribution is 0.562. The Morgan fingerprint density at radius 2 is 1.93 bits per heavy atom. The molecule has 0 radical (unpaired) electrons. The first kappa shape index (κ1) is 8.05. The molecule has 0 aliphatic carbocycles. The van der Waals surface area contributed by atoms with E-state index in [1.54, 1.807) is 0 Å². The Balaban J connectivity index is 2.36. The summed E-state index contributed by atoms with van der Waals surface area (Å²) in [6, 6.07) is 7.54. The smallest absolute Gasteiger partial charge is 0.161 e. The lowest BCUT2D eigenvalue weighted by Gasteiger charge is -1.91. The molecule has 3 nitrogen and oxygen atoms in total. The summed E-state index contributed by atoms with van der Waals surface area (Å²) in [5.74, 6) is 0.794. The van der Waals surface area contributed by atoms with Gasteiger partial charge < -0.3 is 4.42 Å². The fourth-order valence-electron chi connectivity index (χ4n) is 1.89. The number of hydrogen-bond acceptors (Lipinski definition) is 3. The molecule has 2 heterocycles. The monoisotopic (exact) mass is 208 g/mol. The van der Waals surface area contributed by atoms with Crippen molar-refractivity contribution in [2.24, 2.45) is 0 Å². The predicted octanol–water partition coefficient (Wildman–Crippen LogP) is 1.86. The van der Waals surface area contributed by atoms with Gasteiger partial charge in [-0.05, 0) is 6.07 Å². The van der Waals surface area contributed by atoms with E-state index in [1.165, 1.54) is 0 Å². The van der Waals surface area contributed by atoms with Crippen LogP contribution in [-0.4, -0.2) is 8.42 Å². The molecule has 0 amide bonds. The summed E-state index contributed by atoms with van der Waals surface area (Å²) in [4.78, 5) is 0. The summed E-state index contributed by atoms with van der Waals surface area (Å²) in [5.41, 5.74) is 1.63. The van der Waals surface area contributed by atoms with Gasteiger partial charge in [0.1, 0.15) is 17.1 Å². The van der Waals surface area contributed by atoms with E-state index < -0.39 is 9.84 Å². The number of sulfone groups is 1. The molecule has 3 rings (SSSR count). The van der Waals surface area contributed by atoms with Crippen molar-refractivity contribution >= 4 is 20.8 Å². The van der Waals surface area contributed by atoms with E-state index in [9.17, 15) is 8.42 Å². The molecule has 0 saturated carbocycles. The largest absolute Gasteiger partial charge is 0.460 e. The summed E-state index contributed by atoms with van der Waals surface area (Å²) < 4.78 is 28.1. The van der Waals surface area contributed by atoms with Crippen LogP contribution < -0.4 is 0 Å². The van der Waals surface area contributed by atoms with Gasteiger partial charge in [-0.1, -0.05) is 18.2 Å². The number of rotatable bonds is 0. The molecule has 1 aromatic carbocycles. The van der Waals surface area contributed by atoms with Crippen LogP contribution in [0.2, 0.25) is 0 Å². The third kappa shape index (κ3) is 1.00. The number of para-hydroxylation sites is 1. The first-order valence-corrected chi connectivity index (χ1v) is 6.17. The molecule has 0 bridgehead atoms. The highest BCUT2D eigenvalue weighted by molar-refractivity contribution is 7.90. The molecule has 0 N–H and O–H groups in total. The van der Waals surface area contributed by atoms with Gasteiger partial charge in [0.25, 0.3) is 0 Å². The molecule has 72 valence electrons. The van der Waals surface area contributed by atoms with Gasteiger partial charge in [-0.25, -0.2) is 8.42 Å². The molecule has 1 aromatic heterocycles. The number of furan rings is 1. The van der Waals surface area contributed by atoms with Crippen LogP contribution in [0.5, 0.6) is 0 Å². The molecule has 2 aromatic rings. The van der Waals surface area contributed by atoms with Gasteiger partial charge in [0.15, 0.2) is 9.84 Å². The van der Waals surface area contributed by atoms with E-state index in [2.05, 4.69) is 0 Å². The van der Waals surface area contributed by atoms with E-state index in [0.717, 1.165) is 16.5 Å². The Morgan fingerprint density at radius 3 is 2.79 bits per heavy atom. The topological polar surface area (TPSA) is 47.3 Å². The zero-order chi connectivity index (χ0) is 9.76. The normalized spacial score (nSPS) is 18.6. The van der Waals surface area contributed by atoms with Crippen molar-refractivity contribution in [2.45, 2.75) is 11.5 Å². The van der Waals surface area contributed by atoms with Crippen molar-refractivity contribution in [1.29, 1.82) is 0 Å². The summed E-state index contributed by atoms with van der Waals surface area (Å²) in [5, 5.41) is 0.934. The third-order valence-corrected chi connectivity index (χ3v) is 3.93. The van der Waals surface area contributed by atoms with Crippen molar-refractivity contribution in [3.05, 3.63) is 35.6 Å². The quantitative estimate of drug-likeness (QED) is 0.664. The minimum Gasteiger partial charge on any atom is -0.460 e. The minimum atomic E-state index is -2.95. The van der Waals surface area contributed by atoms with Gasteiger partial charge in [0, 0.05) is 10.9 Å². The molecular formula is C10H8O3S. The lowest BCUT2D eigenvalue weighted by Crippen LogP contribution is -1.96. The maximum Gasteiger partial charge on any atom is 0.161 e. The average molecular weight is 208 g/mol. The van der Waals surface area contributed by atoms with Gasteiger partial charge >= 0.3 is 0 Å². The summed E-state index contributed by atoms with van der Waals surface area (Å²) in [6.45, 7) is 0. The highest BCUT2D eigenvalue weighted by Crippen LogP contribution is 2.34. The molecule has 4 heteroatoms. The number of hydrogen-bond donors (Lipinski definition) is 0. The molecule has 1 aliphatic heterocycles. The zero-order valence-corrected chi connectivity index (χ0v) is 8.17. The summed E-state index contributed by atoms with van der Waals surface area (Å²) >= 11 is 0. The van der Waals surface area contributed by atoms with Crippen molar-refractivity contribution < 1.29 is 12.8 Å². The van der Waals surface area contributed by atoms with Crippen molar-refractivity contribution in [1.82, 2.24) is 0 Å². The standard InChI is InChI=1S/C10H8O3S/c11-14(12)5-8-7-3-1-2-4-9(7)13-10(8)6-14/h1-4H,5-6H2. The van der Waals surface area contributed by atoms with Crippen LogP contribution in [0.4, 0.5) is 0 Å². The fourth-order valence-corrected chi connectivity index (χ4v) is 3.39. The second-order valence-electron chi connectivity index (χ2n) is 3.53. The Hall–Kier alpha value is -1.29. The molecule has 0 fully saturated rings. The van der Waals surface area contributed by atoms with E-state index >= 15 is 0 Å². The molecule has 0 atom stereocenters. The Morgan fingerprint density at radius 1 is 1.14 bits per heavy atom. The predicted molar refractivity (Wildman–Crippen MR) is 52.5 cm³/mol. The molecule has 0 spiro atoms. The first-order valence-electron chi connectivity index (χ1n) is 4.35. The molecule has 0 saturated heterocycles. The number of benzene rings is 1. The van der Waals surface area contributed by atoms with Crippen LogP contribution in [0.1, 0.15) is 11.3 Å². The average Bonchev–Trinajstić information content (AvgIpc) is 2.56. The van der Waals surface area contributed by atoms with Crippen LogP contribution in [0, 0.1) is 0 Å². The Kier molecular flexibility index (Phi) is 1.37. The molecular weight excluding hydrogens is 200 g/mol. The van der Waals surface area contributed by atoms with Gasteiger partial charge in [0.2, 0.25) is 0 Å². The van der Waals surface area contributed by atoms with Crippen molar-refractivity contribution in [2.75, 3.05) is 0 Å². The Bertz CT molecular complexity index is 607. The molecule has 14 heavy (non-hydrogen) atoms. The van der Waals surface area contributed by atoms with E-state index in [1.807, 2.05) is 24.3 Å².